The molecule has 0 saturated carbocycles. The van der Waals surface area contributed by atoms with Crippen LogP contribution in [-0.2, 0) is 9.59 Å². The number of piperidine rings is 1. The Kier molecular flexibility index (Phi) is 2.62. The molecule has 1 atom stereocenters. The summed E-state index contributed by atoms with van der Waals surface area (Å²) in [6, 6.07) is 5.69. The van der Waals surface area contributed by atoms with Crippen LogP contribution in [0.15, 0.2) is 18.2 Å². The van der Waals surface area contributed by atoms with Gasteiger partial charge in [-0.1, -0.05) is 12.1 Å². The summed E-state index contributed by atoms with van der Waals surface area (Å²) in [5.41, 5.74) is 2.98. The zero-order valence-corrected chi connectivity index (χ0v) is 10.9. The van der Waals surface area contributed by atoms with E-state index in [0.717, 1.165) is 22.2 Å². The molecule has 1 aliphatic rings. The third-order valence-corrected chi connectivity index (χ3v) is 3.55. The van der Waals surface area contributed by atoms with Crippen molar-refractivity contribution >= 4 is 22.7 Å². The Bertz CT molecular complexity index is 687. The first-order chi connectivity index (χ1) is 9.06. The molecular formula is C14H15N3O2. The number of hydrogen-bond acceptors (Lipinski definition) is 3. The number of nitrogens with zero attached hydrogens (tertiary/aromatic N) is 2. The fraction of sp³-hybridized carbons (Fsp3) is 0.357. The van der Waals surface area contributed by atoms with Crippen LogP contribution in [-0.4, -0.2) is 21.6 Å². The van der Waals surface area contributed by atoms with Crippen LogP contribution in [0.2, 0.25) is 0 Å². The molecule has 1 aromatic heterocycles. The molecule has 2 heterocycles. The highest BCUT2D eigenvalue weighted by Gasteiger charge is 2.30. The third-order valence-electron chi connectivity index (χ3n) is 3.55. The zero-order chi connectivity index (χ0) is 13.6. The second kappa shape index (κ2) is 4.19. The topological polar surface area (TPSA) is 64.0 Å². The van der Waals surface area contributed by atoms with Crippen molar-refractivity contribution in [1.82, 2.24) is 15.1 Å². The molecule has 2 aromatic rings. The summed E-state index contributed by atoms with van der Waals surface area (Å²) in [7, 11) is 0. The molecule has 1 unspecified atom stereocenters. The molecule has 19 heavy (non-hydrogen) atoms. The van der Waals surface area contributed by atoms with Gasteiger partial charge in [0.2, 0.25) is 5.91 Å². The number of nitrogens with one attached hydrogen (secondary N) is 1. The predicted octanol–water partition coefficient (Wildman–Crippen LogP) is 1.63. The van der Waals surface area contributed by atoms with Crippen LogP contribution in [0.25, 0.3) is 10.9 Å². The van der Waals surface area contributed by atoms with Gasteiger partial charge in [0.15, 0.2) is 0 Å². The maximum absolute atomic E-state index is 12.0. The van der Waals surface area contributed by atoms with E-state index in [1.807, 2.05) is 32.0 Å². The first kappa shape index (κ1) is 11.9. The fourth-order valence-electron chi connectivity index (χ4n) is 2.56. The van der Waals surface area contributed by atoms with Crippen LogP contribution in [0.1, 0.15) is 30.1 Å². The Morgan fingerprint density at radius 3 is 2.84 bits per heavy atom. The molecule has 0 aliphatic carbocycles. The Labute approximate surface area is 110 Å². The van der Waals surface area contributed by atoms with Crippen molar-refractivity contribution in [2.45, 2.75) is 32.7 Å². The average Bonchev–Trinajstić information content (AvgIpc) is 2.66. The smallest absolute Gasteiger partial charge is 0.251 e. The van der Waals surface area contributed by atoms with Crippen LogP contribution < -0.4 is 5.32 Å². The van der Waals surface area contributed by atoms with E-state index in [1.54, 1.807) is 4.68 Å². The van der Waals surface area contributed by atoms with Gasteiger partial charge in [-0.05, 0) is 31.9 Å². The van der Waals surface area contributed by atoms with E-state index >= 15 is 0 Å². The average molecular weight is 257 g/mol. The number of aromatic nitrogens is 2. The van der Waals surface area contributed by atoms with Gasteiger partial charge in [-0.15, -0.1) is 0 Å². The summed E-state index contributed by atoms with van der Waals surface area (Å²) in [5, 5.41) is 7.90. The highest BCUT2D eigenvalue weighted by molar-refractivity contribution is 6.00. The number of benzene rings is 1. The molecule has 1 N–H and O–H groups in total. The second-order valence-electron chi connectivity index (χ2n) is 5.02. The van der Waals surface area contributed by atoms with Crippen molar-refractivity contribution in [2.24, 2.45) is 0 Å². The number of rotatable bonds is 1. The van der Waals surface area contributed by atoms with Crippen molar-refractivity contribution in [3.8, 4) is 0 Å². The summed E-state index contributed by atoms with van der Waals surface area (Å²) in [6.45, 7) is 3.94. The number of aryl methyl sites for hydroxylation is 2. The number of carbonyl (C=O) groups excluding carboxylic acids is 2. The number of amides is 2. The van der Waals surface area contributed by atoms with Gasteiger partial charge >= 0.3 is 0 Å². The molecule has 3 rings (SSSR count). The predicted molar refractivity (Wildman–Crippen MR) is 70.6 cm³/mol. The lowest BCUT2D eigenvalue weighted by Gasteiger charge is -2.21. The van der Waals surface area contributed by atoms with Gasteiger partial charge < -0.3 is 0 Å². The van der Waals surface area contributed by atoms with Crippen molar-refractivity contribution in [3.63, 3.8) is 0 Å². The van der Waals surface area contributed by atoms with Crippen molar-refractivity contribution in [3.05, 3.63) is 29.5 Å². The minimum Gasteiger partial charge on any atom is -0.295 e. The Balaban J connectivity index is 2.12. The number of fused-ring (bicyclic) bond motifs is 1. The number of carbonyl (C=O) groups is 2. The minimum atomic E-state index is -0.393. The van der Waals surface area contributed by atoms with Gasteiger partial charge in [-0.2, -0.15) is 5.10 Å². The summed E-state index contributed by atoms with van der Waals surface area (Å²) in [4.78, 5) is 23.2. The fourth-order valence-corrected chi connectivity index (χ4v) is 2.56. The van der Waals surface area contributed by atoms with E-state index in [-0.39, 0.29) is 11.8 Å². The van der Waals surface area contributed by atoms with Gasteiger partial charge in [0.25, 0.3) is 5.91 Å². The van der Waals surface area contributed by atoms with E-state index in [4.69, 9.17) is 0 Å². The molecule has 1 aliphatic heterocycles. The van der Waals surface area contributed by atoms with Gasteiger partial charge in [0, 0.05) is 11.8 Å². The molecule has 5 nitrogen and oxygen atoms in total. The first-order valence-corrected chi connectivity index (χ1v) is 6.35. The standard InChI is InChI=1S/C14H15N3O2/c1-8-3-4-10-9(2)16-17(12(10)7-8)11-5-6-13(18)15-14(11)19/h3-4,7,11H,5-6H2,1-2H3,(H,15,18,19). The quantitative estimate of drug-likeness (QED) is 0.790. The van der Waals surface area contributed by atoms with Crippen molar-refractivity contribution < 1.29 is 9.59 Å². The van der Waals surface area contributed by atoms with E-state index in [9.17, 15) is 9.59 Å². The Hall–Kier alpha value is -2.17. The molecule has 0 bridgehead atoms. The maximum atomic E-state index is 12.0. The zero-order valence-electron chi connectivity index (χ0n) is 10.9. The van der Waals surface area contributed by atoms with Crippen LogP contribution >= 0.6 is 0 Å². The van der Waals surface area contributed by atoms with Crippen LogP contribution in [0, 0.1) is 13.8 Å². The van der Waals surface area contributed by atoms with Gasteiger partial charge in [0.1, 0.15) is 6.04 Å². The monoisotopic (exact) mass is 257 g/mol. The second-order valence-corrected chi connectivity index (χ2v) is 5.02. The number of hydrogen-bond donors (Lipinski definition) is 1. The highest BCUT2D eigenvalue weighted by atomic mass is 16.2. The van der Waals surface area contributed by atoms with Crippen molar-refractivity contribution in [1.29, 1.82) is 0 Å². The van der Waals surface area contributed by atoms with Crippen LogP contribution in [0.3, 0.4) is 0 Å². The number of imide groups is 1. The highest BCUT2D eigenvalue weighted by Crippen LogP contribution is 2.26. The Morgan fingerprint density at radius 2 is 2.11 bits per heavy atom. The molecule has 1 fully saturated rings. The van der Waals surface area contributed by atoms with Gasteiger partial charge in [-0.3, -0.25) is 19.6 Å². The van der Waals surface area contributed by atoms with Crippen LogP contribution in [0.5, 0.6) is 0 Å². The van der Waals surface area contributed by atoms with Gasteiger partial charge in [-0.25, -0.2) is 0 Å². The lowest BCUT2D eigenvalue weighted by atomic mass is 10.1. The molecule has 1 saturated heterocycles. The minimum absolute atomic E-state index is 0.203. The van der Waals surface area contributed by atoms with Gasteiger partial charge in [0.05, 0.1) is 11.2 Å². The molecule has 5 heteroatoms. The van der Waals surface area contributed by atoms with E-state index in [1.165, 1.54) is 0 Å². The van der Waals surface area contributed by atoms with Crippen LogP contribution in [0.4, 0.5) is 0 Å². The Morgan fingerprint density at radius 1 is 1.32 bits per heavy atom. The molecule has 1 aromatic carbocycles. The lowest BCUT2D eigenvalue weighted by Crippen LogP contribution is -2.42. The summed E-state index contributed by atoms with van der Waals surface area (Å²) in [6.07, 6.45) is 0.872. The van der Waals surface area contributed by atoms with Crippen molar-refractivity contribution in [2.75, 3.05) is 0 Å². The summed E-state index contributed by atoms with van der Waals surface area (Å²) >= 11 is 0. The SMILES string of the molecule is Cc1ccc2c(C)nn(C3CCC(=O)NC3=O)c2c1. The van der Waals surface area contributed by atoms with E-state index in [2.05, 4.69) is 10.4 Å². The normalized spacial score (nSPS) is 19.8. The molecule has 0 spiro atoms. The third kappa shape index (κ3) is 1.91. The summed E-state index contributed by atoms with van der Waals surface area (Å²) < 4.78 is 1.75. The first-order valence-electron chi connectivity index (χ1n) is 6.35. The largest absolute Gasteiger partial charge is 0.295 e. The molecular weight excluding hydrogens is 242 g/mol. The van der Waals surface area contributed by atoms with E-state index in [0.29, 0.717) is 12.8 Å². The lowest BCUT2D eigenvalue weighted by molar-refractivity contribution is -0.135. The van der Waals surface area contributed by atoms with E-state index < -0.39 is 6.04 Å². The maximum Gasteiger partial charge on any atom is 0.251 e. The molecule has 0 radical (unpaired) electrons. The molecule has 2 amide bonds. The molecule has 98 valence electrons. The summed E-state index contributed by atoms with van der Waals surface area (Å²) in [5.74, 6) is -0.465.